The predicted molar refractivity (Wildman–Crippen MR) is 108 cm³/mol. The quantitative estimate of drug-likeness (QED) is 0.270. The number of hydrogen-bond acceptors (Lipinski definition) is 8. The molecule has 8 nitrogen and oxygen atoms in total. The van der Waals surface area contributed by atoms with Crippen molar-refractivity contribution in [2.45, 2.75) is 10.8 Å². The lowest BCUT2D eigenvalue weighted by molar-refractivity contribution is -0.384. The zero-order valence-corrected chi connectivity index (χ0v) is 16.3. The number of fused-ring (bicyclic) bond motifs is 1. The Morgan fingerprint density at radius 1 is 1.25 bits per heavy atom. The summed E-state index contributed by atoms with van der Waals surface area (Å²) in [6.07, 6.45) is 0.110. The number of carbonyl (C=O) groups is 2. The van der Waals surface area contributed by atoms with Crippen LogP contribution in [0.5, 0.6) is 0 Å². The summed E-state index contributed by atoms with van der Waals surface area (Å²) in [6.45, 7) is 0. The maximum absolute atomic E-state index is 12.2. The molecule has 10 heteroatoms. The lowest BCUT2D eigenvalue weighted by atomic mass is 10.1. The van der Waals surface area contributed by atoms with E-state index in [2.05, 4.69) is 15.0 Å². The molecule has 3 rings (SSSR count). The molecular formula is C18H15N3O5S2. The number of methoxy groups -OCH3 is 1. The van der Waals surface area contributed by atoms with E-state index in [-0.39, 0.29) is 29.7 Å². The second kappa shape index (κ2) is 8.81. The second-order valence-electron chi connectivity index (χ2n) is 5.68. The van der Waals surface area contributed by atoms with Gasteiger partial charge < -0.3 is 10.1 Å². The molecule has 3 aromatic rings. The van der Waals surface area contributed by atoms with Gasteiger partial charge in [0, 0.05) is 17.8 Å². The van der Waals surface area contributed by atoms with Crippen molar-refractivity contribution in [3.05, 3.63) is 58.1 Å². The number of non-ortho nitro benzene ring substituents is 1. The number of ether oxygens (including phenoxy) is 1. The molecule has 0 unspecified atom stereocenters. The van der Waals surface area contributed by atoms with Crippen molar-refractivity contribution < 1.29 is 19.2 Å². The van der Waals surface area contributed by atoms with Crippen molar-refractivity contribution >= 4 is 56.6 Å². The number of nitro groups is 1. The fourth-order valence-electron chi connectivity index (χ4n) is 2.35. The van der Waals surface area contributed by atoms with Gasteiger partial charge in [-0.25, -0.2) is 4.98 Å². The first-order valence-corrected chi connectivity index (χ1v) is 9.88. The lowest BCUT2D eigenvalue weighted by Gasteiger charge is -2.05. The summed E-state index contributed by atoms with van der Waals surface area (Å²) in [5.41, 5.74) is 2.09. The molecule has 0 spiro atoms. The van der Waals surface area contributed by atoms with Crippen LogP contribution >= 0.6 is 23.1 Å². The Morgan fingerprint density at radius 3 is 2.68 bits per heavy atom. The molecule has 0 radical (unpaired) electrons. The smallest absolute Gasteiger partial charge is 0.316 e. The summed E-state index contributed by atoms with van der Waals surface area (Å²) < 4.78 is 6.25. The Labute approximate surface area is 168 Å². The molecule has 1 heterocycles. The lowest BCUT2D eigenvalue weighted by Crippen LogP contribution is -2.14. The molecule has 0 aliphatic rings. The van der Waals surface area contributed by atoms with Crippen LogP contribution in [0, 0.1) is 10.1 Å². The van der Waals surface area contributed by atoms with Gasteiger partial charge in [-0.15, -0.1) is 11.3 Å². The van der Waals surface area contributed by atoms with E-state index >= 15 is 0 Å². The van der Waals surface area contributed by atoms with Crippen molar-refractivity contribution in [2.75, 3.05) is 18.2 Å². The third kappa shape index (κ3) is 5.05. The number of hydrogen-bond donors (Lipinski definition) is 1. The van der Waals surface area contributed by atoms with Crippen LogP contribution in [0.4, 0.5) is 11.4 Å². The molecule has 0 saturated carbocycles. The predicted octanol–water partition coefficient (Wildman–Crippen LogP) is 3.65. The van der Waals surface area contributed by atoms with Crippen LogP contribution in [0.3, 0.4) is 0 Å². The average Bonchev–Trinajstić information content (AvgIpc) is 3.08. The van der Waals surface area contributed by atoms with Crippen molar-refractivity contribution in [3.63, 3.8) is 0 Å². The van der Waals surface area contributed by atoms with Crippen LogP contribution in [0.25, 0.3) is 10.2 Å². The number of thiazole rings is 1. The number of nitrogens with zero attached hydrogens (tertiary/aromatic N) is 2. The summed E-state index contributed by atoms with van der Waals surface area (Å²) in [5, 5.41) is 13.5. The van der Waals surface area contributed by atoms with E-state index in [1.165, 1.54) is 42.3 Å². The monoisotopic (exact) mass is 417 g/mol. The first-order valence-electron chi connectivity index (χ1n) is 8.08. The van der Waals surface area contributed by atoms with Crippen molar-refractivity contribution in [2.24, 2.45) is 0 Å². The van der Waals surface area contributed by atoms with E-state index in [1.807, 2.05) is 6.07 Å². The molecule has 0 saturated heterocycles. The topological polar surface area (TPSA) is 111 Å². The number of nitro benzene ring substituents is 1. The highest BCUT2D eigenvalue weighted by molar-refractivity contribution is 8.01. The number of esters is 1. The number of anilines is 1. The first kappa shape index (κ1) is 19.8. The third-order valence-corrected chi connectivity index (χ3v) is 5.84. The minimum Gasteiger partial charge on any atom is -0.468 e. The Kier molecular flexibility index (Phi) is 6.22. The van der Waals surface area contributed by atoms with Gasteiger partial charge in [0.15, 0.2) is 4.34 Å². The molecule has 28 heavy (non-hydrogen) atoms. The standard InChI is InChI=1S/C18H15N3O5S2/c1-26-17(23)10-27-18-20-14-7-4-12(9-15(14)28-18)19-16(22)8-11-2-5-13(6-3-11)21(24)25/h2-7,9H,8,10H2,1H3,(H,19,22). The van der Waals surface area contributed by atoms with Gasteiger partial charge >= 0.3 is 5.97 Å². The average molecular weight is 417 g/mol. The van der Waals surface area contributed by atoms with E-state index in [1.54, 1.807) is 24.3 Å². The fourth-order valence-corrected chi connectivity index (χ4v) is 4.29. The number of benzene rings is 2. The van der Waals surface area contributed by atoms with Gasteiger partial charge in [0.2, 0.25) is 5.91 Å². The Hall–Kier alpha value is -2.98. The molecule has 0 fully saturated rings. The van der Waals surface area contributed by atoms with Crippen LogP contribution < -0.4 is 5.32 Å². The Bertz CT molecular complexity index is 1030. The molecular weight excluding hydrogens is 402 g/mol. The van der Waals surface area contributed by atoms with Gasteiger partial charge in [-0.3, -0.25) is 19.7 Å². The van der Waals surface area contributed by atoms with Crippen LogP contribution in [0.2, 0.25) is 0 Å². The summed E-state index contributed by atoms with van der Waals surface area (Å²) in [6, 6.07) is 11.3. The highest BCUT2D eigenvalue weighted by Crippen LogP contribution is 2.31. The van der Waals surface area contributed by atoms with E-state index < -0.39 is 4.92 Å². The molecule has 0 aliphatic carbocycles. The largest absolute Gasteiger partial charge is 0.468 e. The maximum Gasteiger partial charge on any atom is 0.316 e. The molecule has 1 aromatic heterocycles. The highest BCUT2D eigenvalue weighted by atomic mass is 32.2. The minimum absolute atomic E-state index is 0.0133. The van der Waals surface area contributed by atoms with E-state index in [4.69, 9.17) is 0 Å². The maximum atomic E-state index is 12.2. The number of amides is 1. The van der Waals surface area contributed by atoms with E-state index in [0.29, 0.717) is 11.3 Å². The summed E-state index contributed by atoms with van der Waals surface area (Å²) in [5.74, 6) is -0.351. The molecule has 1 N–H and O–H groups in total. The Balaban J connectivity index is 1.63. The number of rotatable bonds is 7. The van der Waals surface area contributed by atoms with Gasteiger partial charge in [-0.05, 0) is 23.8 Å². The second-order valence-corrected chi connectivity index (χ2v) is 7.93. The van der Waals surface area contributed by atoms with Crippen LogP contribution in [0.15, 0.2) is 46.8 Å². The van der Waals surface area contributed by atoms with Gasteiger partial charge in [-0.1, -0.05) is 23.9 Å². The van der Waals surface area contributed by atoms with Crippen LogP contribution in [-0.2, 0) is 20.7 Å². The summed E-state index contributed by atoms with van der Waals surface area (Å²) >= 11 is 2.73. The highest BCUT2D eigenvalue weighted by Gasteiger charge is 2.11. The van der Waals surface area contributed by atoms with Crippen molar-refractivity contribution in [3.8, 4) is 0 Å². The third-order valence-electron chi connectivity index (χ3n) is 3.71. The number of thioether (sulfide) groups is 1. The van der Waals surface area contributed by atoms with Gasteiger partial charge in [0.1, 0.15) is 0 Å². The number of aromatic nitrogens is 1. The van der Waals surface area contributed by atoms with E-state index in [9.17, 15) is 19.7 Å². The fraction of sp³-hybridized carbons (Fsp3) is 0.167. The molecule has 1 amide bonds. The first-order chi connectivity index (χ1) is 13.4. The van der Waals surface area contributed by atoms with E-state index in [0.717, 1.165) is 14.6 Å². The normalized spacial score (nSPS) is 10.6. The zero-order chi connectivity index (χ0) is 20.1. The molecule has 0 atom stereocenters. The van der Waals surface area contributed by atoms with Crippen molar-refractivity contribution in [1.82, 2.24) is 4.98 Å². The molecule has 0 aliphatic heterocycles. The summed E-state index contributed by atoms with van der Waals surface area (Å²) in [4.78, 5) is 38.1. The zero-order valence-electron chi connectivity index (χ0n) is 14.7. The van der Waals surface area contributed by atoms with Gasteiger partial charge in [0.25, 0.3) is 5.69 Å². The number of carbonyl (C=O) groups excluding carboxylic acids is 2. The van der Waals surface area contributed by atoms with Gasteiger partial charge in [-0.2, -0.15) is 0 Å². The Morgan fingerprint density at radius 2 is 2.00 bits per heavy atom. The van der Waals surface area contributed by atoms with Crippen LogP contribution in [-0.4, -0.2) is 34.6 Å². The van der Waals surface area contributed by atoms with Gasteiger partial charge in [0.05, 0.1) is 34.4 Å². The number of nitrogens with one attached hydrogen (secondary N) is 1. The molecule has 144 valence electrons. The molecule has 0 bridgehead atoms. The minimum atomic E-state index is -0.480. The SMILES string of the molecule is COC(=O)CSc1nc2ccc(NC(=O)Cc3ccc([N+](=O)[O-])cc3)cc2s1. The van der Waals surface area contributed by atoms with Crippen LogP contribution in [0.1, 0.15) is 5.56 Å². The molecule has 2 aromatic carbocycles. The van der Waals surface area contributed by atoms with Crippen molar-refractivity contribution in [1.29, 1.82) is 0 Å². The summed E-state index contributed by atoms with van der Waals surface area (Å²) in [7, 11) is 1.34.